The summed E-state index contributed by atoms with van der Waals surface area (Å²) in [6.45, 7) is 0.216. The average Bonchev–Trinajstić information content (AvgIpc) is 3.21. The van der Waals surface area contributed by atoms with Gasteiger partial charge in [-0.15, -0.1) is 0 Å². The molecule has 0 radical (unpaired) electrons. The van der Waals surface area contributed by atoms with E-state index < -0.39 is 10.0 Å². The minimum absolute atomic E-state index is 0.151. The Morgan fingerprint density at radius 2 is 1.36 bits per heavy atom. The maximum Gasteiger partial charge on any atom is 0.244 e. The highest BCUT2D eigenvalue weighted by molar-refractivity contribution is 7.89. The van der Waals surface area contributed by atoms with E-state index >= 15 is 0 Å². The van der Waals surface area contributed by atoms with Crippen molar-refractivity contribution < 1.29 is 8.42 Å². The second kappa shape index (κ2) is 7.80. The fourth-order valence-electron chi connectivity index (χ4n) is 2.92. The number of para-hydroxylation sites is 1. The molecule has 0 saturated carbocycles. The molecule has 5 nitrogen and oxygen atoms in total. The molecule has 0 aliphatic carbocycles. The first kappa shape index (κ1) is 18.2. The van der Waals surface area contributed by atoms with Gasteiger partial charge in [0.1, 0.15) is 10.6 Å². The summed E-state index contributed by atoms with van der Waals surface area (Å²) in [5, 5.41) is 4.57. The molecule has 1 aromatic heterocycles. The van der Waals surface area contributed by atoms with Crippen molar-refractivity contribution in [1.82, 2.24) is 14.5 Å². The predicted octanol–water partition coefficient (Wildman–Crippen LogP) is 4.02. The van der Waals surface area contributed by atoms with Crippen LogP contribution in [0.1, 0.15) is 5.56 Å². The van der Waals surface area contributed by atoms with Crippen LogP contribution in [0, 0.1) is 0 Å². The Morgan fingerprint density at radius 3 is 2.00 bits per heavy atom. The van der Waals surface area contributed by atoms with Gasteiger partial charge in [-0.1, -0.05) is 78.9 Å². The van der Waals surface area contributed by atoms with Crippen molar-refractivity contribution in [3.8, 4) is 16.9 Å². The molecule has 1 N–H and O–H groups in total. The molecule has 6 heteroatoms. The molecule has 4 aromatic rings. The molecule has 0 amide bonds. The standard InChI is InChI=1S/C22H19N3O2S/c26-28(27,23-16-18-10-4-1-5-11-18)21-17-25(20-14-8-3-9-15-20)24-22(21)19-12-6-2-7-13-19/h1-15,17,23H,16H2. The smallest absolute Gasteiger partial charge is 0.239 e. The van der Waals surface area contributed by atoms with Gasteiger partial charge >= 0.3 is 0 Å². The summed E-state index contributed by atoms with van der Waals surface area (Å²) >= 11 is 0. The normalized spacial score (nSPS) is 11.4. The van der Waals surface area contributed by atoms with Gasteiger partial charge in [-0.25, -0.2) is 17.8 Å². The zero-order valence-electron chi connectivity index (χ0n) is 15.1. The van der Waals surface area contributed by atoms with Gasteiger partial charge in [0, 0.05) is 12.1 Å². The Morgan fingerprint density at radius 1 is 0.786 bits per heavy atom. The van der Waals surface area contributed by atoms with Crippen LogP contribution in [0.3, 0.4) is 0 Å². The molecule has 0 bridgehead atoms. The molecular weight excluding hydrogens is 370 g/mol. The van der Waals surface area contributed by atoms with Gasteiger partial charge in [0.2, 0.25) is 10.0 Å². The molecule has 140 valence electrons. The largest absolute Gasteiger partial charge is 0.244 e. The van der Waals surface area contributed by atoms with E-state index in [0.717, 1.165) is 16.8 Å². The molecule has 0 fully saturated rings. The lowest BCUT2D eigenvalue weighted by molar-refractivity contribution is 0.581. The van der Waals surface area contributed by atoms with Gasteiger partial charge in [-0.2, -0.15) is 5.10 Å². The maximum absolute atomic E-state index is 13.1. The SMILES string of the molecule is O=S(=O)(NCc1ccccc1)c1cn(-c2ccccc2)nc1-c1ccccc1. The zero-order valence-corrected chi connectivity index (χ0v) is 15.9. The minimum atomic E-state index is -3.76. The van der Waals surface area contributed by atoms with Crippen LogP contribution in [-0.2, 0) is 16.6 Å². The van der Waals surface area contributed by atoms with Crippen LogP contribution >= 0.6 is 0 Å². The topological polar surface area (TPSA) is 64.0 Å². The van der Waals surface area contributed by atoms with E-state index in [0.29, 0.717) is 5.69 Å². The van der Waals surface area contributed by atoms with Crippen molar-refractivity contribution in [1.29, 1.82) is 0 Å². The molecule has 0 unspecified atom stereocenters. The summed E-state index contributed by atoms with van der Waals surface area (Å²) in [5.41, 5.74) is 2.86. The Balaban J connectivity index is 1.75. The van der Waals surface area contributed by atoms with E-state index in [1.54, 1.807) is 10.9 Å². The Hall–Kier alpha value is -3.22. The summed E-state index contributed by atoms with van der Waals surface area (Å²) in [5.74, 6) is 0. The highest BCUT2D eigenvalue weighted by atomic mass is 32.2. The van der Waals surface area contributed by atoms with Crippen molar-refractivity contribution in [2.24, 2.45) is 0 Å². The number of sulfonamides is 1. The van der Waals surface area contributed by atoms with Crippen LogP contribution in [0.25, 0.3) is 16.9 Å². The maximum atomic E-state index is 13.1. The molecule has 0 spiro atoms. The summed E-state index contributed by atoms with van der Waals surface area (Å²) < 4.78 is 30.4. The molecule has 3 aromatic carbocycles. The van der Waals surface area contributed by atoms with E-state index in [4.69, 9.17) is 0 Å². The van der Waals surface area contributed by atoms with Gasteiger partial charge in [0.05, 0.1) is 11.9 Å². The minimum Gasteiger partial charge on any atom is -0.239 e. The van der Waals surface area contributed by atoms with Crippen LogP contribution in [0.15, 0.2) is 102 Å². The molecule has 0 atom stereocenters. The molecule has 4 rings (SSSR count). The first-order valence-corrected chi connectivity index (χ1v) is 10.4. The monoisotopic (exact) mass is 389 g/mol. The summed E-state index contributed by atoms with van der Waals surface area (Å²) in [4.78, 5) is 0.151. The summed E-state index contributed by atoms with van der Waals surface area (Å²) in [6, 6.07) is 28.2. The van der Waals surface area contributed by atoms with Gasteiger partial charge in [0.15, 0.2) is 0 Å². The molecule has 1 heterocycles. The van der Waals surface area contributed by atoms with E-state index in [-0.39, 0.29) is 11.4 Å². The molecular formula is C22H19N3O2S. The summed E-state index contributed by atoms with van der Waals surface area (Å²) in [7, 11) is -3.76. The number of rotatable bonds is 6. The fourth-order valence-corrected chi connectivity index (χ4v) is 4.08. The van der Waals surface area contributed by atoms with Crippen LogP contribution in [0.2, 0.25) is 0 Å². The highest BCUT2D eigenvalue weighted by Crippen LogP contribution is 2.27. The van der Waals surface area contributed by atoms with Crippen LogP contribution < -0.4 is 4.72 Å². The Kier molecular flexibility index (Phi) is 5.06. The van der Waals surface area contributed by atoms with E-state index in [2.05, 4.69) is 9.82 Å². The zero-order chi connectivity index (χ0) is 19.4. The average molecular weight is 389 g/mol. The Labute approximate surface area is 164 Å². The predicted molar refractivity (Wildman–Crippen MR) is 109 cm³/mol. The first-order chi connectivity index (χ1) is 13.6. The number of nitrogens with zero attached hydrogens (tertiary/aromatic N) is 2. The van der Waals surface area contributed by atoms with Crippen molar-refractivity contribution >= 4 is 10.0 Å². The highest BCUT2D eigenvalue weighted by Gasteiger charge is 2.24. The van der Waals surface area contributed by atoms with Crippen molar-refractivity contribution in [3.63, 3.8) is 0 Å². The second-order valence-electron chi connectivity index (χ2n) is 6.30. The second-order valence-corrected chi connectivity index (χ2v) is 8.03. The quantitative estimate of drug-likeness (QED) is 0.542. The number of hydrogen-bond acceptors (Lipinski definition) is 3. The lowest BCUT2D eigenvalue weighted by Gasteiger charge is -2.07. The van der Waals surface area contributed by atoms with Crippen molar-refractivity contribution in [3.05, 3.63) is 103 Å². The molecule has 0 aliphatic rings. The van der Waals surface area contributed by atoms with Crippen molar-refractivity contribution in [2.75, 3.05) is 0 Å². The lowest BCUT2D eigenvalue weighted by Crippen LogP contribution is -2.23. The number of benzene rings is 3. The van der Waals surface area contributed by atoms with E-state index in [1.165, 1.54) is 0 Å². The molecule has 28 heavy (non-hydrogen) atoms. The van der Waals surface area contributed by atoms with E-state index in [9.17, 15) is 8.42 Å². The van der Waals surface area contributed by atoms with E-state index in [1.807, 2.05) is 91.0 Å². The van der Waals surface area contributed by atoms with Gasteiger partial charge in [0.25, 0.3) is 0 Å². The molecule has 0 aliphatic heterocycles. The van der Waals surface area contributed by atoms with Crippen LogP contribution in [0.4, 0.5) is 0 Å². The van der Waals surface area contributed by atoms with Gasteiger partial charge in [-0.05, 0) is 17.7 Å². The van der Waals surface area contributed by atoms with Gasteiger partial charge in [-0.3, -0.25) is 0 Å². The third-order valence-corrected chi connectivity index (χ3v) is 5.75. The third-order valence-electron chi connectivity index (χ3n) is 4.35. The number of nitrogens with one attached hydrogen (secondary N) is 1. The summed E-state index contributed by atoms with van der Waals surface area (Å²) in [6.07, 6.45) is 1.56. The van der Waals surface area contributed by atoms with Crippen molar-refractivity contribution in [2.45, 2.75) is 11.4 Å². The van der Waals surface area contributed by atoms with Crippen LogP contribution in [0.5, 0.6) is 0 Å². The first-order valence-electron chi connectivity index (χ1n) is 8.87. The Bertz CT molecular complexity index is 1160. The van der Waals surface area contributed by atoms with Gasteiger partial charge < -0.3 is 0 Å². The number of aromatic nitrogens is 2. The number of hydrogen-bond donors (Lipinski definition) is 1. The third kappa shape index (κ3) is 3.88. The van der Waals surface area contributed by atoms with Crippen LogP contribution in [-0.4, -0.2) is 18.2 Å². The molecule has 0 saturated heterocycles. The fraction of sp³-hybridized carbons (Fsp3) is 0.0455. The lowest BCUT2D eigenvalue weighted by atomic mass is 10.2.